The number of ketones is 1. The Morgan fingerprint density at radius 3 is 2.54 bits per heavy atom. The molecule has 0 amide bonds. The Bertz CT molecular complexity index is 686. The molecule has 0 aliphatic carbocycles. The Morgan fingerprint density at radius 2 is 1.96 bits per heavy atom. The number of halogens is 2. The SMILES string of the molecule is COc1ccc(CC(CO)CC(=O)Cc2ccc(Cl)cc2)c(F)c1. The molecule has 0 spiro atoms. The molecule has 0 saturated carbocycles. The number of aliphatic hydroxyl groups excluding tert-OH is 1. The summed E-state index contributed by atoms with van der Waals surface area (Å²) in [4.78, 5) is 12.2. The van der Waals surface area contributed by atoms with E-state index in [0.29, 0.717) is 22.8 Å². The topological polar surface area (TPSA) is 46.5 Å². The van der Waals surface area contributed by atoms with Crippen LogP contribution < -0.4 is 4.74 Å². The largest absolute Gasteiger partial charge is 0.497 e. The Kier molecular flexibility index (Phi) is 6.76. The Labute approximate surface area is 146 Å². The van der Waals surface area contributed by atoms with Gasteiger partial charge in [-0.3, -0.25) is 4.79 Å². The van der Waals surface area contributed by atoms with Gasteiger partial charge in [0, 0.05) is 30.5 Å². The van der Waals surface area contributed by atoms with Crippen molar-refractivity contribution in [2.45, 2.75) is 19.3 Å². The minimum Gasteiger partial charge on any atom is -0.497 e. The van der Waals surface area contributed by atoms with Crippen LogP contribution in [0.4, 0.5) is 4.39 Å². The summed E-state index contributed by atoms with van der Waals surface area (Å²) < 4.78 is 19.0. The molecular formula is C19H20ClFO3. The van der Waals surface area contributed by atoms with Gasteiger partial charge in [0.25, 0.3) is 0 Å². The van der Waals surface area contributed by atoms with E-state index in [2.05, 4.69) is 0 Å². The maximum atomic E-state index is 14.0. The fourth-order valence-electron chi connectivity index (χ4n) is 2.56. The third-order valence-electron chi connectivity index (χ3n) is 3.86. The van der Waals surface area contributed by atoms with Crippen LogP contribution in [0.3, 0.4) is 0 Å². The molecule has 2 rings (SSSR count). The zero-order valence-electron chi connectivity index (χ0n) is 13.5. The van der Waals surface area contributed by atoms with E-state index in [0.717, 1.165) is 5.56 Å². The van der Waals surface area contributed by atoms with Crippen molar-refractivity contribution in [2.75, 3.05) is 13.7 Å². The van der Waals surface area contributed by atoms with Crippen LogP contribution in [0, 0.1) is 11.7 Å². The lowest BCUT2D eigenvalue weighted by Gasteiger charge is -2.14. The maximum absolute atomic E-state index is 14.0. The van der Waals surface area contributed by atoms with Crippen LogP contribution in [0.25, 0.3) is 0 Å². The Balaban J connectivity index is 1.96. The van der Waals surface area contributed by atoms with E-state index >= 15 is 0 Å². The van der Waals surface area contributed by atoms with Gasteiger partial charge in [0.1, 0.15) is 17.3 Å². The maximum Gasteiger partial charge on any atom is 0.137 e. The number of carbonyl (C=O) groups excluding carboxylic acids is 1. The van der Waals surface area contributed by atoms with Crippen LogP contribution >= 0.6 is 11.6 Å². The molecular weight excluding hydrogens is 331 g/mol. The lowest BCUT2D eigenvalue weighted by molar-refractivity contribution is -0.119. The van der Waals surface area contributed by atoms with Crippen molar-refractivity contribution >= 4 is 17.4 Å². The molecule has 2 aromatic carbocycles. The fourth-order valence-corrected chi connectivity index (χ4v) is 2.68. The normalized spacial score (nSPS) is 12.0. The molecule has 128 valence electrons. The van der Waals surface area contributed by atoms with Gasteiger partial charge in [-0.2, -0.15) is 0 Å². The van der Waals surface area contributed by atoms with Crippen molar-refractivity contribution in [3.05, 3.63) is 64.4 Å². The third kappa shape index (κ3) is 5.32. The number of carbonyl (C=O) groups is 1. The van der Waals surface area contributed by atoms with Gasteiger partial charge in [-0.05, 0) is 41.7 Å². The summed E-state index contributed by atoms with van der Waals surface area (Å²) in [6.45, 7) is -0.169. The second-order valence-electron chi connectivity index (χ2n) is 5.76. The molecule has 1 atom stereocenters. The van der Waals surface area contributed by atoms with Crippen LogP contribution in [-0.4, -0.2) is 24.6 Å². The molecule has 5 heteroatoms. The quantitative estimate of drug-likeness (QED) is 0.786. The van der Waals surface area contributed by atoms with E-state index in [4.69, 9.17) is 16.3 Å². The second-order valence-corrected chi connectivity index (χ2v) is 6.19. The van der Waals surface area contributed by atoms with Crippen molar-refractivity contribution in [2.24, 2.45) is 5.92 Å². The van der Waals surface area contributed by atoms with Crippen molar-refractivity contribution in [3.63, 3.8) is 0 Å². The zero-order valence-corrected chi connectivity index (χ0v) is 14.2. The third-order valence-corrected chi connectivity index (χ3v) is 4.11. The van der Waals surface area contributed by atoms with E-state index in [9.17, 15) is 14.3 Å². The van der Waals surface area contributed by atoms with Crippen LogP contribution in [0.1, 0.15) is 17.5 Å². The first-order valence-electron chi connectivity index (χ1n) is 7.71. The molecule has 0 saturated heterocycles. The molecule has 0 heterocycles. The van der Waals surface area contributed by atoms with E-state index in [1.807, 2.05) is 0 Å². The highest BCUT2D eigenvalue weighted by Gasteiger charge is 2.16. The average molecular weight is 351 g/mol. The molecule has 0 aliphatic heterocycles. The molecule has 0 aliphatic rings. The number of benzene rings is 2. The average Bonchev–Trinajstić information content (AvgIpc) is 2.57. The number of ether oxygens (including phenoxy) is 1. The standard InChI is InChI=1S/C19H20ClFO3/c1-24-18-7-4-15(19(21)11-18)8-14(12-22)10-17(23)9-13-2-5-16(20)6-3-13/h2-7,11,14,22H,8-10,12H2,1H3. The van der Waals surface area contributed by atoms with Crippen LogP contribution in [-0.2, 0) is 17.6 Å². The summed E-state index contributed by atoms with van der Waals surface area (Å²) in [5.41, 5.74) is 1.34. The van der Waals surface area contributed by atoms with Crippen molar-refractivity contribution in [1.82, 2.24) is 0 Å². The molecule has 0 radical (unpaired) electrons. The Morgan fingerprint density at radius 1 is 1.25 bits per heavy atom. The van der Waals surface area contributed by atoms with E-state index in [1.54, 1.807) is 36.4 Å². The first-order chi connectivity index (χ1) is 11.5. The van der Waals surface area contributed by atoms with Crippen molar-refractivity contribution in [3.8, 4) is 5.75 Å². The fraction of sp³-hybridized carbons (Fsp3) is 0.316. The van der Waals surface area contributed by atoms with Crippen molar-refractivity contribution in [1.29, 1.82) is 0 Å². The predicted molar refractivity (Wildman–Crippen MR) is 92.0 cm³/mol. The van der Waals surface area contributed by atoms with Gasteiger partial charge in [0.2, 0.25) is 0 Å². The molecule has 24 heavy (non-hydrogen) atoms. The highest BCUT2D eigenvalue weighted by atomic mass is 35.5. The summed E-state index contributed by atoms with van der Waals surface area (Å²) in [7, 11) is 1.47. The van der Waals surface area contributed by atoms with Crippen molar-refractivity contribution < 1.29 is 19.0 Å². The van der Waals surface area contributed by atoms with Gasteiger partial charge >= 0.3 is 0 Å². The van der Waals surface area contributed by atoms with Gasteiger partial charge in [-0.15, -0.1) is 0 Å². The zero-order chi connectivity index (χ0) is 17.5. The van der Waals surface area contributed by atoms with Crippen LogP contribution in [0.2, 0.25) is 5.02 Å². The van der Waals surface area contributed by atoms with Gasteiger partial charge in [0.05, 0.1) is 7.11 Å². The number of methoxy groups -OCH3 is 1. The summed E-state index contributed by atoms with van der Waals surface area (Å²) in [5.74, 6) is -0.258. The lowest BCUT2D eigenvalue weighted by Crippen LogP contribution is -2.17. The summed E-state index contributed by atoms with van der Waals surface area (Å²) >= 11 is 5.82. The van der Waals surface area contributed by atoms with E-state index in [-0.39, 0.29) is 31.1 Å². The minimum absolute atomic E-state index is 0.00490. The second kappa shape index (κ2) is 8.81. The molecule has 0 fully saturated rings. The first kappa shape index (κ1) is 18.4. The number of hydrogen-bond donors (Lipinski definition) is 1. The Hall–Kier alpha value is -1.91. The number of Topliss-reactive ketones (excluding diaryl/α,β-unsaturated/α-hetero) is 1. The summed E-state index contributed by atoms with van der Waals surface area (Å²) in [6, 6.07) is 11.7. The molecule has 1 unspecified atom stereocenters. The predicted octanol–water partition coefficient (Wildman–Crippen LogP) is 3.84. The van der Waals surface area contributed by atoms with Crippen LogP contribution in [0.5, 0.6) is 5.75 Å². The summed E-state index contributed by atoms with van der Waals surface area (Å²) in [5, 5.41) is 10.1. The van der Waals surface area contributed by atoms with Gasteiger partial charge < -0.3 is 9.84 Å². The molecule has 2 aromatic rings. The highest BCUT2D eigenvalue weighted by molar-refractivity contribution is 6.30. The number of aliphatic hydroxyl groups is 1. The molecule has 3 nitrogen and oxygen atoms in total. The monoisotopic (exact) mass is 350 g/mol. The molecule has 1 N–H and O–H groups in total. The highest BCUT2D eigenvalue weighted by Crippen LogP contribution is 2.21. The number of rotatable bonds is 8. The molecule has 0 aromatic heterocycles. The van der Waals surface area contributed by atoms with E-state index in [1.165, 1.54) is 13.2 Å². The van der Waals surface area contributed by atoms with E-state index < -0.39 is 5.82 Å². The first-order valence-corrected chi connectivity index (χ1v) is 8.09. The van der Waals surface area contributed by atoms with Crippen LogP contribution in [0.15, 0.2) is 42.5 Å². The lowest BCUT2D eigenvalue weighted by atomic mass is 9.92. The van der Waals surface area contributed by atoms with Gasteiger partial charge in [-0.25, -0.2) is 4.39 Å². The number of hydrogen-bond acceptors (Lipinski definition) is 3. The summed E-state index contributed by atoms with van der Waals surface area (Å²) in [6.07, 6.45) is 0.780. The smallest absolute Gasteiger partial charge is 0.137 e. The van der Waals surface area contributed by atoms with Gasteiger partial charge in [0.15, 0.2) is 0 Å². The van der Waals surface area contributed by atoms with Gasteiger partial charge in [-0.1, -0.05) is 29.8 Å². The minimum atomic E-state index is -0.391. The molecule has 0 bridgehead atoms.